The number of benzene rings is 2. The Morgan fingerprint density at radius 1 is 1.15 bits per heavy atom. The van der Waals surface area contributed by atoms with Crippen molar-refractivity contribution in [2.45, 2.75) is 25.8 Å². The van der Waals surface area contributed by atoms with Gasteiger partial charge in [0.05, 0.1) is 17.6 Å². The SMILES string of the molecule is COCCn1c(C2CC(=O)N(c3ccccc3C)C2)nc2ccccc21. The molecule has 1 unspecified atom stereocenters. The van der Waals surface area contributed by atoms with Crippen molar-refractivity contribution in [1.82, 2.24) is 9.55 Å². The lowest BCUT2D eigenvalue weighted by atomic mass is 10.1. The summed E-state index contributed by atoms with van der Waals surface area (Å²) in [6.45, 7) is 4.07. The van der Waals surface area contributed by atoms with E-state index >= 15 is 0 Å². The minimum absolute atomic E-state index is 0.0892. The molecule has 0 bridgehead atoms. The van der Waals surface area contributed by atoms with Gasteiger partial charge in [0, 0.05) is 38.2 Å². The van der Waals surface area contributed by atoms with Crippen molar-refractivity contribution in [2.24, 2.45) is 0 Å². The van der Waals surface area contributed by atoms with Crippen LogP contribution in [0.25, 0.3) is 11.0 Å². The molecular weight excluding hydrogens is 326 g/mol. The molecule has 1 saturated heterocycles. The van der Waals surface area contributed by atoms with Gasteiger partial charge in [0.15, 0.2) is 0 Å². The van der Waals surface area contributed by atoms with E-state index in [9.17, 15) is 4.79 Å². The molecule has 2 aromatic carbocycles. The van der Waals surface area contributed by atoms with E-state index in [0.717, 1.165) is 34.7 Å². The lowest BCUT2D eigenvalue weighted by molar-refractivity contribution is -0.117. The first kappa shape index (κ1) is 16.8. The molecule has 0 radical (unpaired) electrons. The van der Waals surface area contributed by atoms with Gasteiger partial charge in [-0.3, -0.25) is 4.79 Å². The first-order chi connectivity index (χ1) is 12.7. The molecule has 0 aliphatic carbocycles. The number of hydrogen-bond donors (Lipinski definition) is 0. The van der Waals surface area contributed by atoms with Crippen LogP contribution < -0.4 is 4.90 Å². The zero-order valence-electron chi connectivity index (χ0n) is 15.2. The van der Waals surface area contributed by atoms with Gasteiger partial charge in [-0.05, 0) is 30.7 Å². The van der Waals surface area contributed by atoms with Gasteiger partial charge in [-0.2, -0.15) is 0 Å². The van der Waals surface area contributed by atoms with Crippen molar-refractivity contribution < 1.29 is 9.53 Å². The number of anilines is 1. The maximum Gasteiger partial charge on any atom is 0.227 e. The van der Waals surface area contributed by atoms with E-state index in [0.29, 0.717) is 19.6 Å². The van der Waals surface area contributed by atoms with Crippen molar-refractivity contribution in [3.05, 3.63) is 59.9 Å². The first-order valence-corrected chi connectivity index (χ1v) is 8.99. The summed E-state index contributed by atoms with van der Waals surface area (Å²) in [6.07, 6.45) is 0.491. The fourth-order valence-electron chi connectivity index (χ4n) is 3.80. The molecule has 1 atom stereocenters. The molecule has 1 fully saturated rings. The average molecular weight is 349 g/mol. The smallest absolute Gasteiger partial charge is 0.227 e. The highest BCUT2D eigenvalue weighted by Crippen LogP contribution is 2.34. The van der Waals surface area contributed by atoms with Gasteiger partial charge in [-0.1, -0.05) is 30.3 Å². The molecule has 5 nitrogen and oxygen atoms in total. The van der Waals surface area contributed by atoms with E-state index < -0.39 is 0 Å². The Morgan fingerprint density at radius 2 is 1.92 bits per heavy atom. The van der Waals surface area contributed by atoms with Crippen molar-refractivity contribution in [3.63, 3.8) is 0 Å². The Hall–Kier alpha value is -2.66. The third kappa shape index (κ3) is 2.88. The molecule has 0 N–H and O–H groups in total. The maximum atomic E-state index is 12.7. The van der Waals surface area contributed by atoms with E-state index in [1.54, 1.807) is 7.11 Å². The number of carbonyl (C=O) groups is 1. The second-order valence-corrected chi connectivity index (χ2v) is 6.80. The van der Waals surface area contributed by atoms with E-state index in [1.807, 2.05) is 54.3 Å². The van der Waals surface area contributed by atoms with E-state index in [2.05, 4.69) is 10.6 Å². The summed E-state index contributed by atoms with van der Waals surface area (Å²) in [7, 11) is 1.71. The molecule has 2 heterocycles. The third-order valence-electron chi connectivity index (χ3n) is 5.10. The zero-order chi connectivity index (χ0) is 18.1. The number of rotatable bonds is 5. The van der Waals surface area contributed by atoms with Crippen molar-refractivity contribution >= 4 is 22.6 Å². The third-order valence-corrected chi connectivity index (χ3v) is 5.10. The molecule has 0 spiro atoms. The maximum absolute atomic E-state index is 12.7. The first-order valence-electron chi connectivity index (χ1n) is 8.99. The van der Waals surface area contributed by atoms with Crippen molar-refractivity contribution in [2.75, 3.05) is 25.2 Å². The summed E-state index contributed by atoms with van der Waals surface area (Å²) >= 11 is 0. The predicted octanol–water partition coefficient (Wildman–Crippen LogP) is 3.51. The van der Waals surface area contributed by atoms with Gasteiger partial charge in [0.25, 0.3) is 0 Å². The Balaban J connectivity index is 1.70. The fraction of sp³-hybridized carbons (Fsp3) is 0.333. The molecule has 1 aromatic heterocycles. The molecule has 0 saturated carbocycles. The summed E-state index contributed by atoms with van der Waals surface area (Å²) in [4.78, 5) is 19.5. The number of ether oxygens (including phenoxy) is 1. The minimum Gasteiger partial charge on any atom is -0.383 e. The van der Waals surface area contributed by atoms with Crippen LogP contribution >= 0.6 is 0 Å². The number of fused-ring (bicyclic) bond motifs is 1. The quantitative estimate of drug-likeness (QED) is 0.708. The van der Waals surface area contributed by atoms with Crippen LogP contribution in [0.2, 0.25) is 0 Å². The van der Waals surface area contributed by atoms with Gasteiger partial charge in [-0.15, -0.1) is 0 Å². The predicted molar refractivity (Wildman–Crippen MR) is 102 cm³/mol. The Labute approximate surface area is 153 Å². The normalized spacial score (nSPS) is 17.4. The molecular formula is C21H23N3O2. The molecule has 1 aliphatic heterocycles. The Bertz CT molecular complexity index is 947. The van der Waals surface area contributed by atoms with Gasteiger partial charge in [-0.25, -0.2) is 4.98 Å². The number of methoxy groups -OCH3 is 1. The highest BCUT2D eigenvalue weighted by atomic mass is 16.5. The second-order valence-electron chi connectivity index (χ2n) is 6.80. The van der Waals surface area contributed by atoms with Gasteiger partial charge >= 0.3 is 0 Å². The van der Waals surface area contributed by atoms with Crippen LogP contribution in [0.3, 0.4) is 0 Å². The minimum atomic E-state index is 0.0892. The van der Waals surface area contributed by atoms with Gasteiger partial charge in [0.1, 0.15) is 5.82 Å². The van der Waals surface area contributed by atoms with Crippen LogP contribution in [-0.4, -0.2) is 35.7 Å². The number of para-hydroxylation sites is 3. The van der Waals surface area contributed by atoms with Crippen LogP contribution in [0.15, 0.2) is 48.5 Å². The number of aryl methyl sites for hydroxylation is 1. The Morgan fingerprint density at radius 3 is 2.73 bits per heavy atom. The van der Waals surface area contributed by atoms with Crippen molar-refractivity contribution in [3.8, 4) is 0 Å². The van der Waals surface area contributed by atoms with Gasteiger partial charge in [0.2, 0.25) is 5.91 Å². The van der Waals surface area contributed by atoms with Crippen LogP contribution in [0.4, 0.5) is 5.69 Å². The molecule has 5 heteroatoms. The number of hydrogen-bond acceptors (Lipinski definition) is 3. The summed E-state index contributed by atoms with van der Waals surface area (Å²) < 4.78 is 7.49. The lowest BCUT2D eigenvalue weighted by Gasteiger charge is -2.19. The largest absolute Gasteiger partial charge is 0.383 e. The summed E-state index contributed by atoms with van der Waals surface area (Å²) in [5.74, 6) is 1.23. The molecule has 134 valence electrons. The van der Waals surface area contributed by atoms with E-state index in [-0.39, 0.29) is 11.8 Å². The summed E-state index contributed by atoms with van der Waals surface area (Å²) in [6, 6.07) is 16.2. The lowest BCUT2D eigenvalue weighted by Crippen LogP contribution is -2.25. The molecule has 1 amide bonds. The number of amides is 1. The second kappa shape index (κ2) is 6.92. The monoisotopic (exact) mass is 349 g/mol. The molecule has 26 heavy (non-hydrogen) atoms. The highest BCUT2D eigenvalue weighted by Gasteiger charge is 2.35. The molecule has 3 aromatic rings. The molecule has 4 rings (SSSR count). The van der Waals surface area contributed by atoms with Gasteiger partial charge < -0.3 is 14.2 Å². The fourth-order valence-corrected chi connectivity index (χ4v) is 3.80. The van der Waals surface area contributed by atoms with Crippen LogP contribution in [0, 0.1) is 6.92 Å². The Kier molecular flexibility index (Phi) is 4.47. The zero-order valence-corrected chi connectivity index (χ0v) is 15.2. The number of nitrogens with zero attached hydrogens (tertiary/aromatic N) is 3. The highest BCUT2D eigenvalue weighted by molar-refractivity contribution is 5.97. The summed E-state index contributed by atoms with van der Waals surface area (Å²) in [5, 5.41) is 0. The van der Waals surface area contributed by atoms with Crippen LogP contribution in [0.5, 0.6) is 0 Å². The van der Waals surface area contributed by atoms with Crippen molar-refractivity contribution in [1.29, 1.82) is 0 Å². The molecule has 1 aliphatic rings. The number of imidazole rings is 1. The van der Waals surface area contributed by atoms with E-state index in [1.165, 1.54) is 0 Å². The topological polar surface area (TPSA) is 47.4 Å². The number of carbonyl (C=O) groups excluding carboxylic acids is 1. The van der Waals surface area contributed by atoms with Crippen LogP contribution in [-0.2, 0) is 16.1 Å². The number of aromatic nitrogens is 2. The summed E-state index contributed by atoms with van der Waals surface area (Å²) in [5.41, 5.74) is 4.19. The van der Waals surface area contributed by atoms with E-state index in [4.69, 9.17) is 9.72 Å². The average Bonchev–Trinajstić information content (AvgIpc) is 3.21. The standard InChI is InChI=1S/C21H23N3O2/c1-15-7-3-5-9-18(15)24-14-16(13-20(24)25)21-22-17-8-4-6-10-19(17)23(21)11-12-26-2/h3-10,16H,11-14H2,1-2H3. The van der Waals surface area contributed by atoms with Crippen LogP contribution in [0.1, 0.15) is 23.7 Å².